The summed E-state index contributed by atoms with van der Waals surface area (Å²) in [4.78, 5) is 14.3. The fourth-order valence-electron chi connectivity index (χ4n) is 2.59. The van der Waals surface area contributed by atoms with E-state index in [2.05, 4.69) is 31.3 Å². The molecule has 22 heavy (non-hydrogen) atoms. The van der Waals surface area contributed by atoms with Crippen molar-refractivity contribution in [1.29, 1.82) is 0 Å². The van der Waals surface area contributed by atoms with Gasteiger partial charge in [0.1, 0.15) is 0 Å². The van der Waals surface area contributed by atoms with Gasteiger partial charge in [0.2, 0.25) is 5.91 Å². The van der Waals surface area contributed by atoms with Crippen LogP contribution in [0.4, 0.5) is 11.4 Å². The van der Waals surface area contributed by atoms with E-state index in [-0.39, 0.29) is 5.91 Å². The number of hydrogen-bond donors (Lipinski definition) is 1. The summed E-state index contributed by atoms with van der Waals surface area (Å²) in [7, 11) is 1.95. The molecular weight excluding hydrogens is 272 g/mol. The highest BCUT2D eigenvalue weighted by Crippen LogP contribution is 2.22. The van der Waals surface area contributed by atoms with Gasteiger partial charge in [-0.15, -0.1) is 0 Å². The first-order chi connectivity index (χ1) is 10.4. The molecule has 0 atom stereocenters. The van der Waals surface area contributed by atoms with Crippen molar-refractivity contribution in [3.8, 4) is 0 Å². The quantitative estimate of drug-likeness (QED) is 0.925. The van der Waals surface area contributed by atoms with Gasteiger partial charge in [0.25, 0.3) is 0 Å². The van der Waals surface area contributed by atoms with Gasteiger partial charge in [0, 0.05) is 18.4 Å². The van der Waals surface area contributed by atoms with Crippen molar-refractivity contribution in [3.63, 3.8) is 0 Å². The monoisotopic (exact) mass is 296 g/mol. The van der Waals surface area contributed by atoms with E-state index in [0.29, 0.717) is 6.54 Å². The number of hydrogen-bond acceptors (Lipinski definition) is 2. The second-order valence-corrected chi connectivity index (χ2v) is 5.94. The molecule has 1 N–H and O–H groups in total. The maximum absolute atomic E-state index is 12.3. The van der Waals surface area contributed by atoms with Crippen LogP contribution in [0.2, 0.25) is 0 Å². The minimum Gasteiger partial charge on any atom is -0.365 e. The second-order valence-electron chi connectivity index (χ2n) is 5.94. The normalized spacial score (nSPS) is 10.4. The standard InChI is InChI=1S/C19H24N2O/c1-13-9-10-17(15(3)11-13)20-19(22)12-21(5)18-8-6-7-14(2)16(18)4/h6-11H,12H2,1-5H3,(H,20,22). The predicted molar refractivity (Wildman–Crippen MR) is 93.7 cm³/mol. The van der Waals surface area contributed by atoms with Crippen molar-refractivity contribution in [2.24, 2.45) is 0 Å². The Morgan fingerprint density at radius 2 is 1.77 bits per heavy atom. The van der Waals surface area contributed by atoms with Gasteiger partial charge in [-0.25, -0.2) is 0 Å². The number of carbonyl (C=O) groups is 1. The minimum atomic E-state index is -0.00430. The second kappa shape index (κ2) is 6.65. The molecule has 0 spiro atoms. The lowest BCUT2D eigenvalue weighted by molar-refractivity contribution is -0.114. The van der Waals surface area contributed by atoms with Crippen molar-refractivity contribution in [3.05, 3.63) is 58.7 Å². The number of likely N-dealkylation sites (N-methyl/N-ethyl adjacent to an activating group) is 1. The van der Waals surface area contributed by atoms with Crippen LogP contribution >= 0.6 is 0 Å². The van der Waals surface area contributed by atoms with Gasteiger partial charge < -0.3 is 10.2 Å². The van der Waals surface area contributed by atoms with E-state index >= 15 is 0 Å². The Morgan fingerprint density at radius 3 is 2.45 bits per heavy atom. The Balaban J connectivity index is 2.07. The van der Waals surface area contributed by atoms with Crippen LogP contribution in [-0.2, 0) is 4.79 Å². The zero-order valence-corrected chi connectivity index (χ0v) is 14.0. The van der Waals surface area contributed by atoms with Gasteiger partial charge in [-0.1, -0.05) is 29.8 Å². The lowest BCUT2D eigenvalue weighted by Crippen LogP contribution is -2.30. The molecule has 2 aromatic carbocycles. The van der Waals surface area contributed by atoms with Crippen molar-refractivity contribution in [1.82, 2.24) is 0 Å². The third-order valence-corrected chi connectivity index (χ3v) is 4.02. The zero-order chi connectivity index (χ0) is 16.3. The largest absolute Gasteiger partial charge is 0.365 e. The molecule has 3 heteroatoms. The molecule has 0 bridgehead atoms. The Labute approximate surface area is 133 Å². The highest BCUT2D eigenvalue weighted by molar-refractivity contribution is 5.94. The maximum atomic E-state index is 12.3. The summed E-state index contributed by atoms with van der Waals surface area (Å²) in [6, 6.07) is 12.2. The number of rotatable bonds is 4. The average Bonchev–Trinajstić information content (AvgIpc) is 2.44. The van der Waals surface area contributed by atoms with Crippen molar-refractivity contribution < 1.29 is 4.79 Å². The van der Waals surface area contributed by atoms with Gasteiger partial charge in [-0.2, -0.15) is 0 Å². The van der Waals surface area contributed by atoms with Crippen LogP contribution in [0.3, 0.4) is 0 Å². The lowest BCUT2D eigenvalue weighted by Gasteiger charge is -2.22. The molecule has 0 fully saturated rings. The Kier molecular flexibility index (Phi) is 4.86. The van der Waals surface area contributed by atoms with Crippen molar-refractivity contribution >= 4 is 17.3 Å². The third kappa shape index (κ3) is 3.67. The molecule has 0 saturated carbocycles. The molecule has 1 amide bonds. The van der Waals surface area contributed by atoms with Crippen LogP contribution in [0.5, 0.6) is 0 Å². The van der Waals surface area contributed by atoms with E-state index in [1.165, 1.54) is 16.7 Å². The first-order valence-corrected chi connectivity index (χ1v) is 7.53. The van der Waals surface area contributed by atoms with E-state index < -0.39 is 0 Å². The van der Waals surface area contributed by atoms with Crippen LogP contribution in [0.25, 0.3) is 0 Å². The molecule has 0 aliphatic heterocycles. The zero-order valence-electron chi connectivity index (χ0n) is 14.0. The van der Waals surface area contributed by atoms with Crippen LogP contribution in [0.15, 0.2) is 36.4 Å². The first-order valence-electron chi connectivity index (χ1n) is 7.53. The smallest absolute Gasteiger partial charge is 0.243 e. The van der Waals surface area contributed by atoms with Crippen LogP contribution in [0.1, 0.15) is 22.3 Å². The summed E-state index contributed by atoms with van der Waals surface area (Å²) in [5.74, 6) is -0.00430. The van der Waals surface area contributed by atoms with Gasteiger partial charge in [0.15, 0.2) is 0 Å². The summed E-state index contributed by atoms with van der Waals surface area (Å²) >= 11 is 0. The number of aryl methyl sites for hydroxylation is 3. The fourth-order valence-corrected chi connectivity index (χ4v) is 2.59. The summed E-state index contributed by atoms with van der Waals surface area (Å²) in [6.45, 7) is 8.56. The fraction of sp³-hybridized carbons (Fsp3) is 0.316. The van der Waals surface area contributed by atoms with Crippen molar-refractivity contribution in [2.75, 3.05) is 23.8 Å². The van der Waals surface area contributed by atoms with Crippen LogP contribution in [0, 0.1) is 27.7 Å². The molecule has 0 heterocycles. The molecule has 116 valence electrons. The van der Waals surface area contributed by atoms with E-state index in [1.807, 2.05) is 50.1 Å². The highest BCUT2D eigenvalue weighted by Gasteiger charge is 2.11. The summed E-state index contributed by atoms with van der Waals surface area (Å²) in [5, 5.41) is 2.99. The molecule has 0 radical (unpaired) electrons. The molecule has 3 nitrogen and oxygen atoms in total. The van der Waals surface area contributed by atoms with Gasteiger partial charge in [-0.3, -0.25) is 4.79 Å². The number of anilines is 2. The summed E-state index contributed by atoms with van der Waals surface area (Å²) in [6.07, 6.45) is 0. The minimum absolute atomic E-state index is 0.00430. The van der Waals surface area contributed by atoms with Crippen LogP contribution < -0.4 is 10.2 Å². The number of benzene rings is 2. The SMILES string of the molecule is Cc1ccc(NC(=O)CN(C)c2cccc(C)c2C)c(C)c1. The Morgan fingerprint density at radius 1 is 1.05 bits per heavy atom. The molecular formula is C19H24N2O. The number of amides is 1. The molecule has 2 rings (SSSR count). The maximum Gasteiger partial charge on any atom is 0.243 e. The van der Waals surface area contributed by atoms with Gasteiger partial charge in [0.05, 0.1) is 6.54 Å². The topological polar surface area (TPSA) is 32.3 Å². The van der Waals surface area contributed by atoms with E-state index in [4.69, 9.17) is 0 Å². The molecule has 0 saturated heterocycles. The average molecular weight is 296 g/mol. The summed E-state index contributed by atoms with van der Waals surface area (Å²) < 4.78 is 0. The predicted octanol–water partition coefficient (Wildman–Crippen LogP) is 4.00. The highest BCUT2D eigenvalue weighted by atomic mass is 16.2. The molecule has 0 unspecified atom stereocenters. The number of nitrogens with zero attached hydrogens (tertiary/aromatic N) is 1. The molecule has 0 aromatic heterocycles. The van der Waals surface area contributed by atoms with E-state index in [1.54, 1.807) is 0 Å². The summed E-state index contributed by atoms with van der Waals surface area (Å²) in [5.41, 5.74) is 6.70. The molecule has 0 aliphatic rings. The van der Waals surface area contributed by atoms with Gasteiger partial charge >= 0.3 is 0 Å². The van der Waals surface area contributed by atoms with Crippen LogP contribution in [-0.4, -0.2) is 19.5 Å². The number of carbonyl (C=O) groups excluding carboxylic acids is 1. The van der Waals surface area contributed by atoms with E-state index in [0.717, 1.165) is 16.9 Å². The van der Waals surface area contributed by atoms with E-state index in [9.17, 15) is 4.79 Å². The van der Waals surface area contributed by atoms with Crippen molar-refractivity contribution in [2.45, 2.75) is 27.7 Å². The first kappa shape index (κ1) is 16.1. The molecule has 0 aliphatic carbocycles. The lowest BCUT2D eigenvalue weighted by atomic mass is 10.1. The molecule has 2 aromatic rings. The Bertz CT molecular complexity index is 692. The number of nitrogens with one attached hydrogen (secondary N) is 1. The van der Waals surface area contributed by atoms with Gasteiger partial charge in [-0.05, 0) is 56.5 Å². The third-order valence-electron chi connectivity index (χ3n) is 4.02. The Hall–Kier alpha value is -2.29.